The summed E-state index contributed by atoms with van der Waals surface area (Å²) in [6, 6.07) is 5.05. The van der Waals surface area contributed by atoms with Crippen molar-refractivity contribution in [2.45, 2.75) is 31.3 Å². The average Bonchev–Trinajstić information content (AvgIpc) is 2.30. The van der Waals surface area contributed by atoms with Crippen LogP contribution in [0.5, 0.6) is 5.75 Å². The van der Waals surface area contributed by atoms with Crippen LogP contribution in [0, 0.1) is 0 Å². The molecule has 0 unspecified atom stereocenters. The van der Waals surface area contributed by atoms with Crippen molar-refractivity contribution >= 4 is 29.2 Å². The van der Waals surface area contributed by atoms with Gasteiger partial charge in [0.1, 0.15) is 11.4 Å². The van der Waals surface area contributed by atoms with E-state index in [1.165, 1.54) is 7.11 Å². The monoisotopic (exact) mass is 288 g/mol. The van der Waals surface area contributed by atoms with Gasteiger partial charge in [0, 0.05) is 11.1 Å². The van der Waals surface area contributed by atoms with Crippen LogP contribution in [0.4, 0.5) is 0 Å². The Morgan fingerprint density at radius 2 is 2.11 bits per heavy atom. The molecule has 1 aliphatic carbocycles. The molecular formula is C13H14Cl2O3. The Bertz CT molecular complexity index is 456. The standard InChI is InChI=1S/C13H14Cl2O3/c1-17-12(16)8-13(5-2-6-13)18-11-7-9(14)3-4-10(11)15/h3-4,7H,2,5-6,8H2,1H3. The van der Waals surface area contributed by atoms with Crippen molar-refractivity contribution in [1.82, 2.24) is 0 Å². The number of rotatable bonds is 4. The summed E-state index contributed by atoms with van der Waals surface area (Å²) >= 11 is 12.0. The SMILES string of the molecule is COC(=O)CC1(Oc2cc(Cl)ccc2Cl)CCC1. The molecular weight excluding hydrogens is 275 g/mol. The van der Waals surface area contributed by atoms with E-state index >= 15 is 0 Å². The molecule has 0 bridgehead atoms. The number of carbonyl (C=O) groups is 1. The van der Waals surface area contributed by atoms with Crippen LogP contribution in [-0.4, -0.2) is 18.7 Å². The minimum atomic E-state index is -0.485. The third kappa shape index (κ3) is 2.90. The van der Waals surface area contributed by atoms with Gasteiger partial charge in [0.25, 0.3) is 0 Å². The van der Waals surface area contributed by atoms with Crippen molar-refractivity contribution < 1.29 is 14.3 Å². The number of benzene rings is 1. The van der Waals surface area contributed by atoms with Crippen LogP contribution < -0.4 is 4.74 Å². The van der Waals surface area contributed by atoms with Crippen LogP contribution in [0.15, 0.2) is 18.2 Å². The Labute approximate surface area is 116 Å². The molecule has 1 aliphatic rings. The summed E-state index contributed by atoms with van der Waals surface area (Å²) in [6.07, 6.45) is 2.93. The molecule has 1 aromatic carbocycles. The molecule has 1 fully saturated rings. The van der Waals surface area contributed by atoms with E-state index in [0.29, 0.717) is 15.8 Å². The molecule has 1 saturated carbocycles. The first kappa shape index (κ1) is 13.5. The molecule has 0 N–H and O–H groups in total. The Hall–Kier alpha value is -0.930. The average molecular weight is 289 g/mol. The van der Waals surface area contributed by atoms with E-state index in [-0.39, 0.29) is 12.4 Å². The van der Waals surface area contributed by atoms with Crippen LogP contribution in [0.2, 0.25) is 10.0 Å². The first-order chi connectivity index (χ1) is 8.54. The zero-order valence-corrected chi connectivity index (χ0v) is 11.6. The van der Waals surface area contributed by atoms with Crippen molar-refractivity contribution in [1.29, 1.82) is 0 Å². The van der Waals surface area contributed by atoms with Gasteiger partial charge in [-0.2, -0.15) is 0 Å². The van der Waals surface area contributed by atoms with Gasteiger partial charge in [-0.15, -0.1) is 0 Å². The summed E-state index contributed by atoms with van der Waals surface area (Å²) in [5.74, 6) is 0.251. The van der Waals surface area contributed by atoms with Gasteiger partial charge in [0.15, 0.2) is 0 Å². The van der Waals surface area contributed by atoms with E-state index in [4.69, 9.17) is 32.7 Å². The van der Waals surface area contributed by atoms with Crippen molar-refractivity contribution in [2.24, 2.45) is 0 Å². The first-order valence-corrected chi connectivity index (χ1v) is 6.51. The molecule has 0 spiro atoms. The highest BCUT2D eigenvalue weighted by atomic mass is 35.5. The van der Waals surface area contributed by atoms with Crippen LogP contribution >= 0.6 is 23.2 Å². The minimum absolute atomic E-state index is 0.242. The van der Waals surface area contributed by atoms with Crippen molar-refractivity contribution in [3.63, 3.8) is 0 Å². The smallest absolute Gasteiger partial charge is 0.309 e. The van der Waals surface area contributed by atoms with E-state index in [0.717, 1.165) is 19.3 Å². The molecule has 2 rings (SSSR count). The molecule has 0 radical (unpaired) electrons. The van der Waals surface area contributed by atoms with Crippen molar-refractivity contribution in [3.8, 4) is 5.75 Å². The molecule has 3 nitrogen and oxygen atoms in total. The minimum Gasteiger partial charge on any atom is -0.485 e. The quantitative estimate of drug-likeness (QED) is 0.790. The third-order valence-corrected chi connectivity index (χ3v) is 3.73. The molecule has 1 aromatic rings. The van der Waals surface area contributed by atoms with E-state index in [9.17, 15) is 4.79 Å². The third-order valence-electron chi connectivity index (χ3n) is 3.18. The summed E-state index contributed by atoms with van der Waals surface area (Å²) in [6.45, 7) is 0. The van der Waals surface area contributed by atoms with Gasteiger partial charge < -0.3 is 9.47 Å². The fraction of sp³-hybridized carbons (Fsp3) is 0.462. The number of carbonyl (C=O) groups excluding carboxylic acids is 1. The topological polar surface area (TPSA) is 35.5 Å². The number of ether oxygens (including phenoxy) is 2. The lowest BCUT2D eigenvalue weighted by Crippen LogP contribution is -2.45. The van der Waals surface area contributed by atoms with Crippen LogP contribution in [0.25, 0.3) is 0 Å². The lowest BCUT2D eigenvalue weighted by atomic mass is 9.77. The Morgan fingerprint density at radius 3 is 2.67 bits per heavy atom. The summed E-state index contributed by atoms with van der Waals surface area (Å²) in [5, 5.41) is 1.05. The maximum absolute atomic E-state index is 11.4. The van der Waals surface area contributed by atoms with Crippen LogP contribution in [-0.2, 0) is 9.53 Å². The van der Waals surface area contributed by atoms with Gasteiger partial charge in [-0.05, 0) is 31.4 Å². The molecule has 0 aliphatic heterocycles. The number of esters is 1. The second kappa shape index (κ2) is 5.37. The van der Waals surface area contributed by atoms with Crippen LogP contribution in [0.1, 0.15) is 25.7 Å². The predicted molar refractivity (Wildman–Crippen MR) is 70.3 cm³/mol. The predicted octanol–water partition coefficient (Wildman–Crippen LogP) is 3.86. The molecule has 0 heterocycles. The van der Waals surface area contributed by atoms with Gasteiger partial charge in [0.05, 0.1) is 18.6 Å². The second-order valence-corrected chi connectivity index (χ2v) is 5.31. The second-order valence-electron chi connectivity index (χ2n) is 4.47. The van der Waals surface area contributed by atoms with E-state index < -0.39 is 5.60 Å². The molecule has 18 heavy (non-hydrogen) atoms. The van der Waals surface area contributed by atoms with Gasteiger partial charge in [-0.1, -0.05) is 23.2 Å². The summed E-state index contributed by atoms with van der Waals surface area (Å²) in [7, 11) is 1.38. The summed E-state index contributed by atoms with van der Waals surface area (Å²) < 4.78 is 10.6. The largest absolute Gasteiger partial charge is 0.485 e. The molecule has 0 amide bonds. The highest BCUT2D eigenvalue weighted by Gasteiger charge is 2.42. The zero-order valence-electron chi connectivity index (χ0n) is 10.0. The molecule has 0 saturated heterocycles. The maximum atomic E-state index is 11.4. The van der Waals surface area contributed by atoms with Crippen molar-refractivity contribution in [3.05, 3.63) is 28.2 Å². The summed E-state index contributed by atoms with van der Waals surface area (Å²) in [5.41, 5.74) is -0.485. The molecule has 0 atom stereocenters. The normalized spacial score (nSPS) is 16.8. The van der Waals surface area contributed by atoms with Crippen LogP contribution in [0.3, 0.4) is 0 Å². The number of methoxy groups -OCH3 is 1. The highest BCUT2D eigenvalue weighted by molar-refractivity contribution is 6.34. The van der Waals surface area contributed by atoms with Gasteiger partial charge in [0.2, 0.25) is 0 Å². The Kier molecular flexibility index (Phi) is 4.03. The maximum Gasteiger partial charge on any atom is 0.309 e. The van der Waals surface area contributed by atoms with E-state index in [2.05, 4.69) is 0 Å². The fourth-order valence-corrected chi connectivity index (χ4v) is 2.33. The number of halogens is 2. The molecule has 0 aromatic heterocycles. The zero-order chi connectivity index (χ0) is 13.2. The Balaban J connectivity index is 2.15. The molecule has 98 valence electrons. The van der Waals surface area contributed by atoms with Gasteiger partial charge in [-0.3, -0.25) is 4.79 Å². The highest BCUT2D eigenvalue weighted by Crippen LogP contribution is 2.42. The number of hydrogen-bond donors (Lipinski definition) is 0. The first-order valence-electron chi connectivity index (χ1n) is 5.75. The lowest BCUT2D eigenvalue weighted by Gasteiger charge is -2.41. The van der Waals surface area contributed by atoms with E-state index in [1.54, 1.807) is 18.2 Å². The summed E-state index contributed by atoms with van der Waals surface area (Å²) in [4.78, 5) is 11.4. The number of hydrogen-bond acceptors (Lipinski definition) is 3. The molecule has 5 heteroatoms. The van der Waals surface area contributed by atoms with Crippen molar-refractivity contribution in [2.75, 3.05) is 7.11 Å². The Morgan fingerprint density at radius 1 is 1.39 bits per heavy atom. The van der Waals surface area contributed by atoms with E-state index in [1.807, 2.05) is 0 Å². The fourth-order valence-electron chi connectivity index (χ4n) is 2.01. The lowest BCUT2D eigenvalue weighted by molar-refractivity contribution is -0.148. The van der Waals surface area contributed by atoms with Gasteiger partial charge >= 0.3 is 5.97 Å². The van der Waals surface area contributed by atoms with Gasteiger partial charge in [-0.25, -0.2) is 0 Å².